The minimum absolute atomic E-state index is 0.0315. The number of nitrogens with one attached hydrogen (secondary N) is 1. The Balaban J connectivity index is 1.87. The molecule has 0 aliphatic heterocycles. The van der Waals surface area contributed by atoms with Gasteiger partial charge in [0.2, 0.25) is 0 Å². The number of hydrogen-bond donors (Lipinski definition) is 1. The third kappa shape index (κ3) is 6.13. The summed E-state index contributed by atoms with van der Waals surface area (Å²) < 4.78 is 51.5. The fourth-order valence-corrected chi connectivity index (χ4v) is 4.53. The molecule has 11 nitrogen and oxygen atoms in total. The van der Waals surface area contributed by atoms with E-state index >= 15 is 0 Å². The molecule has 0 bridgehead atoms. The molecule has 0 aliphatic rings. The predicted molar refractivity (Wildman–Crippen MR) is 129 cm³/mol. The van der Waals surface area contributed by atoms with Gasteiger partial charge in [0.1, 0.15) is 12.4 Å². The molecule has 0 atom stereocenters. The van der Waals surface area contributed by atoms with Crippen LogP contribution in [-0.2, 0) is 14.8 Å². The lowest BCUT2D eigenvalue weighted by Crippen LogP contribution is -2.39. The summed E-state index contributed by atoms with van der Waals surface area (Å²) in [7, 11) is -1.58. The number of nitro groups is 1. The number of methoxy groups -OCH3 is 2. The summed E-state index contributed by atoms with van der Waals surface area (Å²) in [6.45, 7) is -0.700. The summed E-state index contributed by atoms with van der Waals surface area (Å²) in [6.07, 6.45) is 1.18. The van der Waals surface area contributed by atoms with E-state index in [0.29, 0.717) is 11.3 Å². The molecule has 0 unspecified atom stereocenters. The molecule has 0 radical (unpaired) electrons. The summed E-state index contributed by atoms with van der Waals surface area (Å²) in [5.74, 6) is -0.945. The number of anilines is 1. The lowest BCUT2D eigenvalue weighted by Gasteiger charge is -2.24. The van der Waals surface area contributed by atoms with Gasteiger partial charge in [0.15, 0.2) is 11.5 Å². The van der Waals surface area contributed by atoms with Crippen LogP contribution < -0.4 is 19.2 Å². The van der Waals surface area contributed by atoms with Gasteiger partial charge in [-0.15, -0.1) is 0 Å². The third-order valence-electron chi connectivity index (χ3n) is 4.83. The van der Waals surface area contributed by atoms with Crippen molar-refractivity contribution in [2.24, 2.45) is 5.10 Å². The normalized spacial score (nSPS) is 11.2. The van der Waals surface area contributed by atoms with Crippen molar-refractivity contribution in [2.45, 2.75) is 4.90 Å². The van der Waals surface area contributed by atoms with Gasteiger partial charge in [-0.2, -0.15) is 5.10 Å². The van der Waals surface area contributed by atoms with Crippen molar-refractivity contribution in [3.8, 4) is 11.5 Å². The van der Waals surface area contributed by atoms with Crippen molar-refractivity contribution in [2.75, 3.05) is 25.1 Å². The summed E-state index contributed by atoms with van der Waals surface area (Å²) >= 11 is 0. The van der Waals surface area contributed by atoms with Gasteiger partial charge in [0, 0.05) is 23.8 Å². The average Bonchev–Trinajstić information content (AvgIpc) is 2.87. The van der Waals surface area contributed by atoms with Crippen LogP contribution in [0.25, 0.3) is 0 Å². The van der Waals surface area contributed by atoms with Crippen molar-refractivity contribution in [1.82, 2.24) is 5.43 Å². The van der Waals surface area contributed by atoms with Crippen LogP contribution in [0.5, 0.6) is 11.5 Å². The van der Waals surface area contributed by atoms with Crippen LogP contribution in [-0.4, -0.2) is 46.2 Å². The van der Waals surface area contributed by atoms with E-state index in [1.807, 2.05) is 0 Å². The molecule has 3 rings (SSSR count). The zero-order valence-electron chi connectivity index (χ0n) is 19.1. The molecule has 0 saturated heterocycles. The van der Waals surface area contributed by atoms with Gasteiger partial charge in [-0.05, 0) is 36.4 Å². The van der Waals surface area contributed by atoms with Gasteiger partial charge in [-0.25, -0.2) is 18.2 Å². The molecular formula is C23H21FN4O7S. The minimum Gasteiger partial charge on any atom is -0.493 e. The van der Waals surface area contributed by atoms with Crippen LogP contribution in [0.3, 0.4) is 0 Å². The number of hydrogen-bond acceptors (Lipinski definition) is 8. The number of halogens is 1. The molecule has 3 aromatic rings. The summed E-state index contributed by atoms with van der Waals surface area (Å²) in [5.41, 5.74) is 2.41. The number of carbonyl (C=O) groups excluding carboxylic acids is 1. The lowest BCUT2D eigenvalue weighted by atomic mass is 10.2. The topological polar surface area (TPSA) is 140 Å². The number of benzene rings is 3. The predicted octanol–water partition coefficient (Wildman–Crippen LogP) is 3.10. The Labute approximate surface area is 206 Å². The highest BCUT2D eigenvalue weighted by Gasteiger charge is 2.28. The van der Waals surface area contributed by atoms with Crippen molar-refractivity contribution in [3.05, 3.63) is 88.2 Å². The van der Waals surface area contributed by atoms with E-state index in [1.54, 1.807) is 0 Å². The molecular weight excluding hydrogens is 495 g/mol. The van der Waals surface area contributed by atoms with E-state index in [9.17, 15) is 27.7 Å². The summed E-state index contributed by atoms with van der Waals surface area (Å²) in [6, 6.07) is 14.0. The maximum atomic E-state index is 13.5. The number of sulfonamides is 1. The molecule has 188 valence electrons. The van der Waals surface area contributed by atoms with E-state index in [4.69, 9.17) is 9.47 Å². The second-order valence-electron chi connectivity index (χ2n) is 7.15. The zero-order chi connectivity index (χ0) is 26.3. The van der Waals surface area contributed by atoms with Crippen molar-refractivity contribution in [3.63, 3.8) is 0 Å². The Morgan fingerprint density at radius 2 is 1.78 bits per heavy atom. The first-order valence-electron chi connectivity index (χ1n) is 10.2. The quantitative estimate of drug-likeness (QED) is 0.248. The van der Waals surface area contributed by atoms with Gasteiger partial charge in [0.25, 0.3) is 21.6 Å². The number of rotatable bonds is 10. The first-order chi connectivity index (χ1) is 17.1. The van der Waals surface area contributed by atoms with Crippen LogP contribution in [0.2, 0.25) is 0 Å². The Morgan fingerprint density at radius 1 is 1.08 bits per heavy atom. The number of ether oxygens (including phenoxy) is 2. The Bertz CT molecular complexity index is 1400. The lowest BCUT2D eigenvalue weighted by molar-refractivity contribution is -0.384. The van der Waals surface area contributed by atoms with Crippen LogP contribution >= 0.6 is 0 Å². The molecule has 0 aliphatic carbocycles. The van der Waals surface area contributed by atoms with Crippen molar-refractivity contribution >= 4 is 33.5 Å². The van der Waals surface area contributed by atoms with E-state index in [0.717, 1.165) is 16.4 Å². The molecule has 3 aromatic carbocycles. The molecule has 1 amide bonds. The molecule has 0 spiro atoms. The SMILES string of the molecule is COc1ccc(S(=O)(=O)N(CC(=O)N/N=C\c2cccc([N+](=O)[O-])c2)c2ccc(F)cc2)cc1OC. The maximum absolute atomic E-state index is 13.5. The molecule has 0 saturated carbocycles. The highest BCUT2D eigenvalue weighted by atomic mass is 32.2. The van der Waals surface area contributed by atoms with Crippen LogP contribution in [0.4, 0.5) is 15.8 Å². The van der Waals surface area contributed by atoms with Gasteiger partial charge < -0.3 is 9.47 Å². The molecule has 0 heterocycles. The van der Waals surface area contributed by atoms with Crippen LogP contribution in [0.1, 0.15) is 5.56 Å². The van der Waals surface area contributed by atoms with E-state index < -0.39 is 33.2 Å². The molecule has 0 aromatic heterocycles. The second-order valence-corrected chi connectivity index (χ2v) is 9.01. The van der Waals surface area contributed by atoms with Gasteiger partial charge >= 0.3 is 0 Å². The van der Waals surface area contributed by atoms with Gasteiger partial charge in [-0.1, -0.05) is 12.1 Å². The minimum atomic E-state index is -4.32. The number of hydrazone groups is 1. The molecule has 13 heteroatoms. The third-order valence-corrected chi connectivity index (χ3v) is 6.60. The van der Waals surface area contributed by atoms with E-state index in [-0.39, 0.29) is 22.0 Å². The maximum Gasteiger partial charge on any atom is 0.270 e. The standard InChI is InChI=1S/C23H21FN4O7S/c1-34-21-11-10-20(13-22(21)35-2)36(32,33)27(18-8-6-17(24)7-9-18)15-23(29)26-25-14-16-4-3-5-19(12-16)28(30)31/h3-14H,15H2,1-2H3,(H,26,29)/b25-14-. The Kier molecular flexibility index (Phi) is 8.17. The molecule has 36 heavy (non-hydrogen) atoms. The van der Waals surface area contributed by atoms with Gasteiger partial charge in [0.05, 0.1) is 35.9 Å². The van der Waals surface area contributed by atoms with Crippen LogP contribution in [0.15, 0.2) is 76.7 Å². The first-order valence-corrected chi connectivity index (χ1v) is 11.7. The van der Waals surface area contributed by atoms with Crippen molar-refractivity contribution in [1.29, 1.82) is 0 Å². The monoisotopic (exact) mass is 516 g/mol. The summed E-state index contributed by atoms with van der Waals surface area (Å²) in [4.78, 5) is 22.7. The second kappa shape index (κ2) is 11.3. The smallest absolute Gasteiger partial charge is 0.270 e. The average molecular weight is 517 g/mol. The highest BCUT2D eigenvalue weighted by Crippen LogP contribution is 2.32. The molecule has 0 fully saturated rings. The van der Waals surface area contributed by atoms with E-state index in [1.165, 1.54) is 75.0 Å². The number of nitrogens with zero attached hydrogens (tertiary/aromatic N) is 3. The van der Waals surface area contributed by atoms with Crippen molar-refractivity contribution < 1.29 is 32.0 Å². The zero-order valence-corrected chi connectivity index (χ0v) is 19.9. The number of non-ortho nitro benzene ring substituents is 1. The van der Waals surface area contributed by atoms with Gasteiger partial charge in [-0.3, -0.25) is 19.2 Å². The number of nitro benzene ring substituents is 1. The Hall–Kier alpha value is -4.52. The first kappa shape index (κ1) is 26.1. The fourth-order valence-electron chi connectivity index (χ4n) is 3.09. The number of carbonyl (C=O) groups is 1. The fraction of sp³-hybridized carbons (Fsp3) is 0.130. The van der Waals surface area contributed by atoms with E-state index in [2.05, 4.69) is 10.5 Å². The highest BCUT2D eigenvalue weighted by molar-refractivity contribution is 7.92. The van der Waals surface area contributed by atoms with Crippen LogP contribution in [0, 0.1) is 15.9 Å². The summed E-state index contributed by atoms with van der Waals surface area (Å²) in [5, 5.41) is 14.6. The molecule has 1 N–H and O–H groups in total. The number of amides is 1. The largest absolute Gasteiger partial charge is 0.493 e. The Morgan fingerprint density at radius 3 is 2.42 bits per heavy atom.